The standard InChI is InChI=1S/C23H30O7.C22H36O2/c1-22(27,15-17-3-7-19(8-4-17)29-13-11-24)21(26)23(2,28)16-18-5-9-20(10-6-18)30-14-12-25;1-4-5-6-7-8-9-10-11-12-13-14-19-15-17-20(18-16-19)21(23)22(2,3)24/h3-10,24-25,27-28H,11-16H2,1-2H3;15-18,24H,4-14H2,1-3H3. The second-order valence-electron chi connectivity index (χ2n) is 15.2. The first-order valence-corrected chi connectivity index (χ1v) is 19.6. The number of carbonyl (C=O) groups excluding carboxylic acids is 2. The fourth-order valence-electron chi connectivity index (χ4n) is 6.26. The smallest absolute Gasteiger partial charge is 0.195 e. The molecule has 300 valence electrons. The predicted octanol–water partition coefficient (Wildman–Crippen LogP) is 7.39. The highest BCUT2D eigenvalue weighted by Crippen LogP contribution is 2.26. The molecular weight excluding hydrogens is 684 g/mol. The van der Waals surface area contributed by atoms with Crippen molar-refractivity contribution in [2.24, 2.45) is 0 Å². The third-order valence-corrected chi connectivity index (χ3v) is 9.23. The Hall–Kier alpha value is -3.60. The first-order valence-electron chi connectivity index (χ1n) is 19.6. The van der Waals surface area contributed by atoms with Gasteiger partial charge in [0.15, 0.2) is 11.6 Å². The Labute approximate surface area is 323 Å². The van der Waals surface area contributed by atoms with Crippen LogP contribution in [0.15, 0.2) is 72.8 Å². The summed E-state index contributed by atoms with van der Waals surface area (Å²) in [4.78, 5) is 24.9. The van der Waals surface area contributed by atoms with Gasteiger partial charge in [0.1, 0.15) is 41.5 Å². The summed E-state index contributed by atoms with van der Waals surface area (Å²) in [5, 5.41) is 48.9. The second-order valence-corrected chi connectivity index (χ2v) is 15.2. The molecule has 0 aliphatic carbocycles. The highest BCUT2D eigenvalue weighted by atomic mass is 16.5. The molecule has 0 saturated heterocycles. The molecule has 9 heteroatoms. The van der Waals surface area contributed by atoms with Gasteiger partial charge in [-0.05, 0) is 81.5 Å². The number of ether oxygens (including phenoxy) is 2. The fourth-order valence-corrected chi connectivity index (χ4v) is 6.26. The van der Waals surface area contributed by atoms with Crippen molar-refractivity contribution in [1.82, 2.24) is 0 Å². The highest BCUT2D eigenvalue weighted by molar-refractivity contribution is 6.01. The van der Waals surface area contributed by atoms with Crippen LogP contribution in [0.1, 0.15) is 126 Å². The molecule has 3 aromatic carbocycles. The molecule has 2 atom stereocenters. The number of aliphatic hydroxyl groups is 5. The zero-order valence-corrected chi connectivity index (χ0v) is 33.3. The van der Waals surface area contributed by atoms with Crippen LogP contribution >= 0.6 is 0 Å². The SMILES string of the molecule is CC(O)(Cc1ccc(OCCO)cc1)C(=O)C(C)(O)Cc1ccc(OCCO)cc1.CCCCCCCCCCCCc1ccc(C(=O)C(C)(C)O)cc1. The summed E-state index contributed by atoms with van der Waals surface area (Å²) in [6, 6.07) is 21.4. The molecule has 0 saturated carbocycles. The molecule has 2 unspecified atom stereocenters. The maximum atomic E-state index is 12.9. The van der Waals surface area contributed by atoms with E-state index in [-0.39, 0.29) is 45.1 Å². The van der Waals surface area contributed by atoms with Gasteiger partial charge >= 0.3 is 0 Å². The zero-order chi connectivity index (χ0) is 40.0. The minimum Gasteiger partial charge on any atom is -0.491 e. The topological polar surface area (TPSA) is 154 Å². The molecule has 5 N–H and O–H groups in total. The lowest BCUT2D eigenvalue weighted by Gasteiger charge is -2.31. The van der Waals surface area contributed by atoms with Gasteiger partial charge < -0.3 is 35.0 Å². The number of benzene rings is 3. The number of carbonyl (C=O) groups is 2. The van der Waals surface area contributed by atoms with Crippen LogP contribution in [-0.4, -0.2) is 80.3 Å². The van der Waals surface area contributed by atoms with Gasteiger partial charge in [-0.15, -0.1) is 0 Å². The quantitative estimate of drug-likeness (QED) is 0.0441. The summed E-state index contributed by atoms with van der Waals surface area (Å²) >= 11 is 0. The first-order chi connectivity index (χ1) is 25.6. The largest absolute Gasteiger partial charge is 0.491 e. The van der Waals surface area contributed by atoms with Gasteiger partial charge in [-0.1, -0.05) is 113 Å². The van der Waals surface area contributed by atoms with Crippen LogP contribution in [0.4, 0.5) is 0 Å². The summed E-state index contributed by atoms with van der Waals surface area (Å²) in [5.41, 5.74) is -1.52. The van der Waals surface area contributed by atoms with Crippen LogP contribution in [0.5, 0.6) is 11.5 Å². The molecule has 0 radical (unpaired) electrons. The van der Waals surface area contributed by atoms with Crippen LogP contribution < -0.4 is 9.47 Å². The molecule has 3 rings (SSSR count). The summed E-state index contributed by atoms with van der Waals surface area (Å²) < 4.78 is 10.6. The normalized spacial score (nSPS) is 13.6. The highest BCUT2D eigenvalue weighted by Gasteiger charge is 2.42. The molecule has 0 heterocycles. The van der Waals surface area contributed by atoms with E-state index in [1.54, 1.807) is 48.5 Å². The Bertz CT molecular complexity index is 1400. The molecule has 0 amide bonds. The van der Waals surface area contributed by atoms with Crippen LogP contribution in [0.2, 0.25) is 0 Å². The van der Waals surface area contributed by atoms with E-state index in [9.17, 15) is 24.9 Å². The molecule has 0 spiro atoms. The summed E-state index contributed by atoms with van der Waals surface area (Å²) in [7, 11) is 0. The molecule has 0 fully saturated rings. The maximum Gasteiger partial charge on any atom is 0.195 e. The maximum absolute atomic E-state index is 12.9. The molecule has 0 aliphatic rings. The average molecular weight is 751 g/mol. The Morgan fingerprint density at radius 3 is 1.28 bits per heavy atom. The predicted molar refractivity (Wildman–Crippen MR) is 214 cm³/mol. The summed E-state index contributed by atoms with van der Waals surface area (Å²) in [5.74, 6) is 0.276. The minimum absolute atomic E-state index is 0.0379. The van der Waals surface area contributed by atoms with Crippen molar-refractivity contribution in [3.05, 3.63) is 95.1 Å². The van der Waals surface area contributed by atoms with Crippen molar-refractivity contribution in [2.45, 2.75) is 135 Å². The van der Waals surface area contributed by atoms with E-state index in [0.29, 0.717) is 28.2 Å². The lowest BCUT2D eigenvalue weighted by atomic mass is 9.80. The van der Waals surface area contributed by atoms with E-state index < -0.39 is 22.6 Å². The van der Waals surface area contributed by atoms with Gasteiger partial charge in [0.05, 0.1) is 13.2 Å². The minimum atomic E-state index is -1.76. The van der Waals surface area contributed by atoms with Gasteiger partial charge in [-0.3, -0.25) is 9.59 Å². The number of ketones is 2. The van der Waals surface area contributed by atoms with Crippen molar-refractivity contribution in [1.29, 1.82) is 0 Å². The molecule has 0 aliphatic heterocycles. The van der Waals surface area contributed by atoms with Crippen molar-refractivity contribution in [2.75, 3.05) is 26.4 Å². The monoisotopic (exact) mass is 750 g/mol. The molecular formula is C45H66O9. The fraction of sp³-hybridized carbons (Fsp3) is 0.556. The summed E-state index contributed by atoms with van der Waals surface area (Å²) in [6.45, 7) is 8.33. The van der Waals surface area contributed by atoms with Gasteiger partial charge in [-0.2, -0.15) is 0 Å². The lowest BCUT2D eigenvalue weighted by Crippen LogP contribution is -2.52. The number of hydrogen-bond donors (Lipinski definition) is 5. The van der Waals surface area contributed by atoms with Gasteiger partial charge in [0.2, 0.25) is 0 Å². The number of rotatable bonds is 25. The third kappa shape index (κ3) is 17.7. The Morgan fingerprint density at radius 1 is 0.537 bits per heavy atom. The first kappa shape index (κ1) is 46.6. The van der Waals surface area contributed by atoms with Crippen LogP contribution in [0.3, 0.4) is 0 Å². The molecule has 0 bridgehead atoms. The van der Waals surface area contributed by atoms with E-state index in [2.05, 4.69) is 6.92 Å². The average Bonchev–Trinajstić information content (AvgIpc) is 3.14. The van der Waals surface area contributed by atoms with E-state index in [0.717, 1.165) is 6.42 Å². The van der Waals surface area contributed by atoms with E-state index in [1.807, 2.05) is 24.3 Å². The molecule has 9 nitrogen and oxygen atoms in total. The van der Waals surface area contributed by atoms with Crippen LogP contribution in [-0.2, 0) is 24.1 Å². The Morgan fingerprint density at radius 2 is 0.907 bits per heavy atom. The van der Waals surface area contributed by atoms with Crippen molar-refractivity contribution in [3.63, 3.8) is 0 Å². The van der Waals surface area contributed by atoms with Crippen molar-refractivity contribution < 1.29 is 44.6 Å². The molecule has 54 heavy (non-hydrogen) atoms. The number of aliphatic hydroxyl groups excluding tert-OH is 2. The Balaban J connectivity index is 0.000000383. The molecule has 0 aromatic heterocycles. The van der Waals surface area contributed by atoms with E-state index in [4.69, 9.17) is 19.7 Å². The van der Waals surface area contributed by atoms with E-state index >= 15 is 0 Å². The van der Waals surface area contributed by atoms with Crippen molar-refractivity contribution >= 4 is 11.6 Å². The van der Waals surface area contributed by atoms with Gasteiger partial charge in [0, 0.05) is 18.4 Å². The number of aryl methyl sites for hydroxylation is 1. The van der Waals surface area contributed by atoms with Crippen LogP contribution in [0.25, 0.3) is 0 Å². The van der Waals surface area contributed by atoms with Crippen molar-refractivity contribution in [3.8, 4) is 11.5 Å². The number of hydrogen-bond acceptors (Lipinski definition) is 9. The number of unbranched alkanes of at least 4 members (excludes halogenated alkanes) is 9. The Kier molecular flexibility index (Phi) is 20.7. The lowest BCUT2D eigenvalue weighted by molar-refractivity contribution is -0.153. The van der Waals surface area contributed by atoms with Crippen LogP contribution in [0, 0.1) is 0 Å². The van der Waals surface area contributed by atoms with E-state index in [1.165, 1.54) is 97.5 Å². The summed E-state index contributed by atoms with van der Waals surface area (Å²) in [6.07, 6.45) is 14.7. The van der Waals surface area contributed by atoms with Gasteiger partial charge in [0.25, 0.3) is 0 Å². The second kappa shape index (κ2) is 24.0. The molecule has 3 aromatic rings. The zero-order valence-electron chi connectivity index (χ0n) is 33.3. The number of Topliss-reactive ketones (excluding diaryl/α,β-unsaturated/α-hetero) is 2. The van der Waals surface area contributed by atoms with Gasteiger partial charge in [-0.25, -0.2) is 0 Å². The third-order valence-electron chi connectivity index (χ3n) is 9.23.